The number of nitrogens with zero attached hydrogens (tertiary/aromatic N) is 2. The van der Waals surface area contributed by atoms with Crippen LogP contribution >= 0.6 is 0 Å². The topological polar surface area (TPSA) is 124 Å². The van der Waals surface area contributed by atoms with Gasteiger partial charge in [-0.15, -0.1) is 0 Å². The van der Waals surface area contributed by atoms with Crippen LogP contribution < -0.4 is 0 Å². The molecule has 1 amide bonds. The minimum atomic E-state index is -3.75. The first-order valence-electron chi connectivity index (χ1n) is 9.51. The van der Waals surface area contributed by atoms with E-state index in [1.165, 1.54) is 12.0 Å². The van der Waals surface area contributed by atoms with Gasteiger partial charge in [0, 0.05) is 37.0 Å². The van der Waals surface area contributed by atoms with Crippen molar-refractivity contribution in [2.45, 2.75) is 23.2 Å². The van der Waals surface area contributed by atoms with Gasteiger partial charge in [0.05, 0.1) is 22.3 Å². The molecule has 0 N–H and O–H groups in total. The summed E-state index contributed by atoms with van der Waals surface area (Å²) in [6, 6.07) is 12.3. The number of ether oxygens (including phenoxy) is 1. The molecule has 0 aliphatic carbocycles. The van der Waals surface area contributed by atoms with E-state index in [1.807, 2.05) is 30.3 Å². The van der Waals surface area contributed by atoms with Gasteiger partial charge < -0.3 is 9.64 Å². The number of rotatable bonds is 5. The predicted octanol–water partition coefficient (Wildman–Crippen LogP) is 2.35. The Hall–Kier alpha value is -3.27. The summed E-state index contributed by atoms with van der Waals surface area (Å²) < 4.78 is 28.9. The summed E-state index contributed by atoms with van der Waals surface area (Å²) in [6.07, 6.45) is 1.54. The van der Waals surface area contributed by atoms with E-state index in [-0.39, 0.29) is 29.5 Å². The molecule has 2 aromatic carbocycles. The Balaban J connectivity index is 1.90. The molecular formula is C21H22N2O7S. The Bertz CT molecular complexity index is 1120. The van der Waals surface area contributed by atoms with Gasteiger partial charge in [0.25, 0.3) is 11.6 Å². The standard InChI is InChI=1S/C21H22N2O7S/c1-30-20(25)21(16-6-4-3-5-7-16)8-10-22(11-9-21)19(24)15-12-17(23(26)27)14-18(13-15)31(2,28)29/h3-7,12-14H,8-11H2,1-2H3. The zero-order valence-corrected chi connectivity index (χ0v) is 17.9. The quantitative estimate of drug-likeness (QED) is 0.392. The van der Waals surface area contributed by atoms with Gasteiger partial charge in [-0.3, -0.25) is 19.7 Å². The number of nitro groups is 1. The second-order valence-corrected chi connectivity index (χ2v) is 9.49. The predicted molar refractivity (Wildman–Crippen MR) is 111 cm³/mol. The first-order chi connectivity index (χ1) is 14.6. The highest BCUT2D eigenvalue weighted by molar-refractivity contribution is 7.90. The van der Waals surface area contributed by atoms with Crippen molar-refractivity contribution < 1.29 is 27.7 Å². The Morgan fingerprint density at radius 2 is 1.71 bits per heavy atom. The van der Waals surface area contributed by atoms with Gasteiger partial charge in [-0.05, 0) is 24.5 Å². The molecule has 1 aliphatic heterocycles. The van der Waals surface area contributed by atoms with Crippen LogP contribution in [0.2, 0.25) is 0 Å². The van der Waals surface area contributed by atoms with Crippen LogP contribution in [0.25, 0.3) is 0 Å². The number of likely N-dealkylation sites (tertiary alicyclic amines) is 1. The number of methoxy groups -OCH3 is 1. The van der Waals surface area contributed by atoms with Crippen LogP contribution in [0.4, 0.5) is 5.69 Å². The number of carbonyl (C=O) groups excluding carboxylic acids is 2. The van der Waals surface area contributed by atoms with Crippen LogP contribution in [0.3, 0.4) is 0 Å². The molecule has 0 bridgehead atoms. The third-order valence-electron chi connectivity index (χ3n) is 5.58. The summed E-state index contributed by atoms with van der Waals surface area (Å²) in [5.74, 6) is -0.916. The number of hydrogen-bond donors (Lipinski definition) is 0. The maximum Gasteiger partial charge on any atom is 0.316 e. The molecule has 164 valence electrons. The molecule has 0 radical (unpaired) electrons. The summed E-state index contributed by atoms with van der Waals surface area (Å²) in [6.45, 7) is 0.416. The summed E-state index contributed by atoms with van der Waals surface area (Å²) in [4.78, 5) is 37.3. The maximum absolute atomic E-state index is 13.0. The van der Waals surface area contributed by atoms with Crippen LogP contribution in [0.1, 0.15) is 28.8 Å². The highest BCUT2D eigenvalue weighted by Gasteiger charge is 2.44. The molecule has 0 saturated carbocycles. The van der Waals surface area contributed by atoms with Gasteiger partial charge in [0.15, 0.2) is 9.84 Å². The van der Waals surface area contributed by atoms with E-state index in [9.17, 15) is 28.1 Å². The van der Waals surface area contributed by atoms with Crippen molar-refractivity contribution in [3.8, 4) is 0 Å². The number of amides is 1. The highest BCUT2D eigenvalue weighted by Crippen LogP contribution is 2.37. The molecule has 10 heteroatoms. The zero-order chi connectivity index (χ0) is 22.8. The first-order valence-corrected chi connectivity index (χ1v) is 11.4. The Morgan fingerprint density at radius 1 is 1.10 bits per heavy atom. The van der Waals surface area contributed by atoms with E-state index in [0.29, 0.717) is 12.8 Å². The smallest absolute Gasteiger partial charge is 0.316 e. The number of nitro benzene ring substituents is 1. The highest BCUT2D eigenvalue weighted by atomic mass is 32.2. The second-order valence-electron chi connectivity index (χ2n) is 7.48. The van der Waals surface area contributed by atoms with Gasteiger partial charge in [0.1, 0.15) is 0 Å². The van der Waals surface area contributed by atoms with Gasteiger partial charge in [-0.2, -0.15) is 0 Å². The van der Waals surface area contributed by atoms with Crippen molar-refractivity contribution >= 4 is 27.4 Å². The lowest BCUT2D eigenvalue weighted by Crippen LogP contribution is -2.49. The molecule has 31 heavy (non-hydrogen) atoms. The summed E-state index contributed by atoms with van der Waals surface area (Å²) in [5.41, 5.74) is -0.659. The number of carbonyl (C=O) groups is 2. The first kappa shape index (κ1) is 22.4. The molecule has 0 aromatic heterocycles. The van der Waals surface area contributed by atoms with E-state index in [2.05, 4.69) is 0 Å². The zero-order valence-electron chi connectivity index (χ0n) is 17.1. The minimum Gasteiger partial charge on any atom is -0.468 e. The van der Waals surface area contributed by atoms with Gasteiger partial charge in [-0.25, -0.2) is 8.42 Å². The minimum absolute atomic E-state index is 0.0834. The fourth-order valence-corrected chi connectivity index (χ4v) is 4.54. The van der Waals surface area contributed by atoms with Crippen molar-refractivity contribution in [1.82, 2.24) is 4.90 Å². The normalized spacial score (nSPS) is 15.9. The molecule has 3 rings (SSSR count). The van der Waals surface area contributed by atoms with Gasteiger partial charge in [0.2, 0.25) is 0 Å². The fraction of sp³-hybridized carbons (Fsp3) is 0.333. The molecule has 2 aromatic rings. The van der Waals surface area contributed by atoms with E-state index < -0.39 is 31.8 Å². The lowest BCUT2D eigenvalue weighted by molar-refractivity contribution is -0.385. The lowest BCUT2D eigenvalue weighted by atomic mass is 9.72. The van der Waals surface area contributed by atoms with E-state index in [4.69, 9.17) is 4.74 Å². The molecular weight excluding hydrogens is 424 g/mol. The van der Waals surface area contributed by atoms with Gasteiger partial charge >= 0.3 is 5.97 Å². The van der Waals surface area contributed by atoms with E-state index in [1.54, 1.807) is 0 Å². The van der Waals surface area contributed by atoms with Crippen LogP contribution in [0.5, 0.6) is 0 Å². The Kier molecular flexibility index (Phi) is 6.12. The van der Waals surface area contributed by atoms with Crippen molar-refractivity contribution in [3.63, 3.8) is 0 Å². The third-order valence-corrected chi connectivity index (χ3v) is 6.68. The SMILES string of the molecule is COC(=O)C1(c2ccccc2)CCN(C(=O)c2cc([N+](=O)[O-])cc(S(C)(=O)=O)c2)CC1. The number of piperidine rings is 1. The fourth-order valence-electron chi connectivity index (χ4n) is 3.86. The molecule has 9 nitrogen and oxygen atoms in total. The van der Waals surface area contributed by atoms with Crippen LogP contribution in [-0.2, 0) is 24.8 Å². The lowest BCUT2D eigenvalue weighted by Gasteiger charge is -2.40. The van der Waals surface area contributed by atoms with Gasteiger partial charge in [-0.1, -0.05) is 30.3 Å². The Labute approximate surface area is 179 Å². The number of non-ortho nitro benzene ring substituents is 1. The monoisotopic (exact) mass is 446 g/mol. The molecule has 0 unspecified atom stereocenters. The maximum atomic E-state index is 13.0. The molecule has 1 heterocycles. The molecule has 1 saturated heterocycles. The van der Waals surface area contributed by atoms with Crippen LogP contribution in [0.15, 0.2) is 53.4 Å². The van der Waals surface area contributed by atoms with E-state index >= 15 is 0 Å². The molecule has 1 fully saturated rings. The molecule has 0 spiro atoms. The molecule has 1 aliphatic rings. The largest absolute Gasteiger partial charge is 0.468 e. The summed E-state index contributed by atoms with van der Waals surface area (Å²) in [7, 11) is -2.43. The molecule has 0 atom stereocenters. The number of hydrogen-bond acceptors (Lipinski definition) is 7. The van der Waals surface area contributed by atoms with Crippen LogP contribution in [-0.4, -0.2) is 56.6 Å². The summed E-state index contributed by atoms with van der Waals surface area (Å²) in [5, 5.41) is 11.2. The third kappa shape index (κ3) is 4.43. The average molecular weight is 446 g/mol. The second kappa shape index (κ2) is 8.46. The van der Waals surface area contributed by atoms with E-state index in [0.717, 1.165) is 30.0 Å². The van der Waals surface area contributed by atoms with Crippen molar-refractivity contribution in [2.24, 2.45) is 0 Å². The number of esters is 1. The summed E-state index contributed by atoms with van der Waals surface area (Å²) >= 11 is 0. The average Bonchev–Trinajstić information content (AvgIpc) is 2.77. The van der Waals surface area contributed by atoms with Crippen molar-refractivity contribution in [2.75, 3.05) is 26.5 Å². The number of sulfone groups is 1. The van der Waals surface area contributed by atoms with Crippen molar-refractivity contribution in [1.29, 1.82) is 0 Å². The van der Waals surface area contributed by atoms with Crippen molar-refractivity contribution in [3.05, 3.63) is 69.8 Å². The van der Waals surface area contributed by atoms with Crippen LogP contribution in [0, 0.1) is 10.1 Å². The number of benzene rings is 2. The Morgan fingerprint density at radius 3 is 2.23 bits per heavy atom.